The van der Waals surface area contributed by atoms with Gasteiger partial charge in [0.15, 0.2) is 0 Å². The predicted octanol–water partition coefficient (Wildman–Crippen LogP) is 5.55. The van der Waals surface area contributed by atoms with Crippen molar-refractivity contribution in [2.45, 2.75) is 51.0 Å². The van der Waals surface area contributed by atoms with Gasteiger partial charge in [0.05, 0.1) is 44.5 Å². The first-order valence-corrected chi connectivity index (χ1v) is 14.9. The average molecular weight is 607 g/mol. The standard InChI is InChI=1S/C32H35ClN4O6/c1-40-27-16-23(33)7-6-21(27)19-43-30-5-3-4-25(34-30)20-8-11-36(12-9-20)18-29-35-31-26(37(29)17-24-10-13-42-24)14-22(32(38)39)15-28(31)41-2/h3-7,14-16,20,24H,8-13,17-19H2,1-2H3,(H,38,39). The lowest BCUT2D eigenvalue weighted by molar-refractivity contribution is -0.0592. The van der Waals surface area contributed by atoms with Crippen molar-refractivity contribution in [3.05, 3.63) is 76.2 Å². The van der Waals surface area contributed by atoms with Crippen LogP contribution in [0, 0.1) is 0 Å². The minimum Gasteiger partial charge on any atom is -0.496 e. The molecule has 2 aliphatic rings. The quantitative estimate of drug-likeness (QED) is 0.235. The van der Waals surface area contributed by atoms with Crippen molar-refractivity contribution < 1.29 is 28.8 Å². The van der Waals surface area contributed by atoms with E-state index < -0.39 is 5.97 Å². The Bertz CT molecular complexity index is 1610. The van der Waals surface area contributed by atoms with E-state index in [1.165, 1.54) is 6.07 Å². The number of carboxylic acid groups (broad SMARTS) is 1. The number of aromatic nitrogens is 3. The molecule has 4 aromatic rings. The van der Waals surface area contributed by atoms with E-state index in [0.717, 1.165) is 61.6 Å². The third kappa shape index (κ3) is 6.41. The van der Waals surface area contributed by atoms with Gasteiger partial charge in [0, 0.05) is 34.9 Å². The second-order valence-electron chi connectivity index (χ2n) is 11.0. The van der Waals surface area contributed by atoms with Gasteiger partial charge in [-0.25, -0.2) is 14.8 Å². The van der Waals surface area contributed by atoms with Crippen LogP contribution in [0.1, 0.15) is 52.6 Å². The Morgan fingerprint density at radius 1 is 1.05 bits per heavy atom. The number of ether oxygens (including phenoxy) is 4. The van der Waals surface area contributed by atoms with E-state index in [9.17, 15) is 9.90 Å². The van der Waals surface area contributed by atoms with Gasteiger partial charge in [0.2, 0.25) is 5.88 Å². The Balaban J connectivity index is 1.14. The molecule has 43 heavy (non-hydrogen) atoms. The van der Waals surface area contributed by atoms with Gasteiger partial charge in [-0.1, -0.05) is 23.7 Å². The van der Waals surface area contributed by atoms with Crippen LogP contribution in [0.5, 0.6) is 17.4 Å². The monoisotopic (exact) mass is 606 g/mol. The number of rotatable bonds is 11. The maximum atomic E-state index is 11.8. The molecule has 10 nitrogen and oxygen atoms in total. The van der Waals surface area contributed by atoms with Gasteiger partial charge in [-0.3, -0.25) is 4.90 Å². The summed E-state index contributed by atoms with van der Waals surface area (Å²) < 4.78 is 24.8. The Labute approximate surface area is 255 Å². The molecule has 2 aromatic carbocycles. The largest absolute Gasteiger partial charge is 0.496 e. The van der Waals surface area contributed by atoms with Gasteiger partial charge in [0.25, 0.3) is 0 Å². The number of hydrogen-bond acceptors (Lipinski definition) is 8. The molecular weight excluding hydrogens is 572 g/mol. The van der Waals surface area contributed by atoms with Crippen LogP contribution in [-0.2, 0) is 24.4 Å². The second kappa shape index (κ2) is 12.8. The Morgan fingerprint density at radius 2 is 1.84 bits per heavy atom. The molecule has 0 amide bonds. The zero-order valence-electron chi connectivity index (χ0n) is 24.3. The van der Waals surface area contributed by atoms with Crippen LogP contribution in [0.25, 0.3) is 11.0 Å². The molecule has 1 N–H and O–H groups in total. The van der Waals surface area contributed by atoms with Gasteiger partial charge >= 0.3 is 5.97 Å². The molecule has 2 aromatic heterocycles. The number of nitrogens with zero attached hydrogens (tertiary/aromatic N) is 4. The van der Waals surface area contributed by atoms with Gasteiger partial charge < -0.3 is 28.6 Å². The molecule has 0 bridgehead atoms. The summed E-state index contributed by atoms with van der Waals surface area (Å²) in [5.41, 5.74) is 3.54. The normalized spacial score (nSPS) is 17.5. The number of carboxylic acids is 1. The molecule has 0 saturated carbocycles. The van der Waals surface area contributed by atoms with Crippen molar-refractivity contribution in [3.63, 3.8) is 0 Å². The van der Waals surface area contributed by atoms with Crippen LogP contribution in [0.15, 0.2) is 48.5 Å². The number of benzene rings is 2. The van der Waals surface area contributed by atoms with Crippen molar-refractivity contribution in [1.29, 1.82) is 0 Å². The van der Waals surface area contributed by atoms with E-state index >= 15 is 0 Å². The molecule has 1 unspecified atom stereocenters. The number of fused-ring (bicyclic) bond motifs is 1. The first kappa shape index (κ1) is 29.2. The predicted molar refractivity (Wildman–Crippen MR) is 161 cm³/mol. The van der Waals surface area contributed by atoms with Crippen molar-refractivity contribution in [2.24, 2.45) is 0 Å². The van der Waals surface area contributed by atoms with Gasteiger partial charge in [-0.2, -0.15) is 0 Å². The van der Waals surface area contributed by atoms with Gasteiger partial charge in [-0.15, -0.1) is 0 Å². The highest BCUT2D eigenvalue weighted by atomic mass is 35.5. The number of piperidine rings is 1. The average Bonchev–Trinajstić information content (AvgIpc) is 3.34. The minimum atomic E-state index is -0.996. The summed E-state index contributed by atoms with van der Waals surface area (Å²) in [5, 5.41) is 10.3. The zero-order chi connectivity index (χ0) is 29.9. The zero-order valence-corrected chi connectivity index (χ0v) is 25.0. The topological polar surface area (TPSA) is 108 Å². The number of imidazole rings is 1. The highest BCUT2D eigenvalue weighted by molar-refractivity contribution is 6.30. The fraction of sp³-hybridized carbons (Fsp3) is 0.406. The fourth-order valence-corrected chi connectivity index (χ4v) is 5.95. The number of methoxy groups -OCH3 is 2. The molecule has 2 fully saturated rings. The van der Waals surface area contributed by atoms with E-state index in [-0.39, 0.29) is 11.7 Å². The van der Waals surface area contributed by atoms with E-state index in [0.29, 0.717) is 53.5 Å². The lowest BCUT2D eigenvalue weighted by Gasteiger charge is -2.32. The number of halogens is 1. The van der Waals surface area contributed by atoms with Gasteiger partial charge in [0.1, 0.15) is 29.4 Å². The summed E-state index contributed by atoms with van der Waals surface area (Å²) in [6.45, 7) is 4.15. The maximum absolute atomic E-state index is 11.8. The minimum absolute atomic E-state index is 0.0997. The van der Waals surface area contributed by atoms with E-state index in [2.05, 4.69) is 15.5 Å². The highest BCUT2D eigenvalue weighted by Gasteiger charge is 2.27. The molecule has 0 aliphatic carbocycles. The highest BCUT2D eigenvalue weighted by Crippen LogP contribution is 2.33. The van der Waals surface area contributed by atoms with E-state index in [1.807, 2.05) is 24.3 Å². The number of likely N-dealkylation sites (tertiary alicyclic amines) is 1. The molecule has 226 valence electrons. The SMILES string of the molecule is COc1cc(Cl)ccc1COc1cccc(C2CCN(Cc3nc4c(OC)cc(C(=O)O)cc4n3CC3CCO3)CC2)n1. The van der Waals surface area contributed by atoms with Crippen molar-refractivity contribution in [1.82, 2.24) is 19.4 Å². The molecule has 4 heterocycles. The third-order valence-corrected chi connectivity index (χ3v) is 8.52. The van der Waals surface area contributed by atoms with Crippen LogP contribution >= 0.6 is 11.6 Å². The Kier molecular flexibility index (Phi) is 8.69. The summed E-state index contributed by atoms with van der Waals surface area (Å²) in [4.78, 5) is 24.0. The van der Waals surface area contributed by atoms with Crippen LogP contribution in [-0.4, -0.2) is 70.5 Å². The third-order valence-electron chi connectivity index (χ3n) is 8.29. The van der Waals surface area contributed by atoms with Crippen molar-refractivity contribution in [3.8, 4) is 17.4 Å². The van der Waals surface area contributed by atoms with E-state index in [1.54, 1.807) is 26.4 Å². The van der Waals surface area contributed by atoms with Crippen LogP contribution in [0.3, 0.4) is 0 Å². The smallest absolute Gasteiger partial charge is 0.335 e. The molecule has 6 rings (SSSR count). The molecule has 11 heteroatoms. The molecule has 1 atom stereocenters. The van der Waals surface area contributed by atoms with Gasteiger partial charge in [-0.05, 0) is 62.7 Å². The number of carbonyl (C=O) groups is 1. The summed E-state index contributed by atoms with van der Waals surface area (Å²) in [7, 11) is 3.16. The Hall–Kier alpha value is -3.86. The number of pyridine rings is 1. The first-order valence-electron chi connectivity index (χ1n) is 14.5. The maximum Gasteiger partial charge on any atom is 0.335 e. The second-order valence-corrected chi connectivity index (χ2v) is 11.4. The number of hydrogen-bond donors (Lipinski definition) is 1. The van der Waals surface area contributed by atoms with Crippen LogP contribution in [0.4, 0.5) is 0 Å². The summed E-state index contributed by atoms with van der Waals surface area (Å²) in [6, 6.07) is 14.7. The Morgan fingerprint density at radius 3 is 2.53 bits per heavy atom. The lowest BCUT2D eigenvalue weighted by atomic mass is 9.93. The lowest BCUT2D eigenvalue weighted by Crippen LogP contribution is -2.35. The van der Waals surface area contributed by atoms with Crippen LogP contribution < -0.4 is 14.2 Å². The van der Waals surface area contributed by atoms with Crippen LogP contribution in [0.2, 0.25) is 5.02 Å². The molecule has 2 saturated heterocycles. The fourth-order valence-electron chi connectivity index (χ4n) is 5.79. The van der Waals surface area contributed by atoms with Crippen molar-refractivity contribution in [2.75, 3.05) is 33.9 Å². The summed E-state index contributed by atoms with van der Waals surface area (Å²) in [5.74, 6) is 1.94. The summed E-state index contributed by atoms with van der Waals surface area (Å²) in [6.07, 6.45) is 2.99. The van der Waals surface area contributed by atoms with E-state index in [4.69, 9.17) is 40.5 Å². The molecule has 0 radical (unpaired) electrons. The van der Waals surface area contributed by atoms with Crippen molar-refractivity contribution >= 4 is 28.6 Å². The molecule has 2 aliphatic heterocycles. The molecule has 0 spiro atoms. The first-order chi connectivity index (χ1) is 20.9. The summed E-state index contributed by atoms with van der Waals surface area (Å²) >= 11 is 6.09. The molecular formula is C32H35ClN4O6. The number of aromatic carboxylic acids is 1.